The van der Waals surface area contributed by atoms with Crippen molar-refractivity contribution in [1.29, 1.82) is 0 Å². The lowest BCUT2D eigenvalue weighted by molar-refractivity contribution is -0.120. The predicted molar refractivity (Wildman–Crippen MR) is 129 cm³/mol. The summed E-state index contributed by atoms with van der Waals surface area (Å²) >= 11 is 0. The second kappa shape index (κ2) is 9.68. The number of hydrogen-bond donors (Lipinski definition) is 4. The molecule has 0 fully saturated rings. The first-order chi connectivity index (χ1) is 15.5. The molecule has 4 N–H and O–H groups in total. The van der Waals surface area contributed by atoms with E-state index in [-0.39, 0.29) is 5.91 Å². The van der Waals surface area contributed by atoms with Crippen LogP contribution in [0.25, 0.3) is 11.4 Å². The van der Waals surface area contributed by atoms with Crippen molar-refractivity contribution in [1.82, 2.24) is 15.3 Å². The van der Waals surface area contributed by atoms with Gasteiger partial charge in [-0.05, 0) is 37.0 Å². The standard InChI is InChI=1S/C24H28N4O3S/c1-2-14-25-21(29)16-17-10-12-19(13-11-17)26-24-22-20(9-6-15-32(22,30)31)27-23(28-24)18-7-4-3-5-8-18/h3-5,7-8,10-13,30-31H,2,6,9,14-16H2,1H3,(H,25,29)(H,26,27,28). The van der Waals surface area contributed by atoms with E-state index in [0.717, 1.165) is 23.2 Å². The highest BCUT2D eigenvalue weighted by molar-refractivity contribution is 8.24. The smallest absolute Gasteiger partial charge is 0.224 e. The Morgan fingerprint density at radius 3 is 2.53 bits per heavy atom. The van der Waals surface area contributed by atoms with E-state index in [1.54, 1.807) is 0 Å². The van der Waals surface area contributed by atoms with Gasteiger partial charge in [-0.3, -0.25) is 13.9 Å². The summed E-state index contributed by atoms with van der Waals surface area (Å²) in [6, 6.07) is 17.2. The lowest BCUT2D eigenvalue weighted by Crippen LogP contribution is -2.25. The molecule has 168 valence electrons. The van der Waals surface area contributed by atoms with Gasteiger partial charge >= 0.3 is 0 Å². The highest BCUT2D eigenvalue weighted by Gasteiger charge is 2.30. The Morgan fingerprint density at radius 2 is 1.81 bits per heavy atom. The molecule has 0 unspecified atom stereocenters. The Bertz CT molecular complexity index is 1090. The summed E-state index contributed by atoms with van der Waals surface area (Å²) in [6.45, 7) is 2.69. The number of amides is 1. The van der Waals surface area contributed by atoms with Crippen molar-refractivity contribution in [2.24, 2.45) is 0 Å². The summed E-state index contributed by atoms with van der Waals surface area (Å²) in [6.07, 6.45) is 2.58. The van der Waals surface area contributed by atoms with E-state index in [0.29, 0.717) is 53.8 Å². The number of nitrogens with one attached hydrogen (secondary N) is 2. The number of rotatable bonds is 7. The molecule has 0 radical (unpaired) electrons. The molecule has 0 saturated carbocycles. The topological polar surface area (TPSA) is 107 Å². The molecule has 3 aromatic rings. The van der Waals surface area contributed by atoms with Crippen molar-refractivity contribution in [3.8, 4) is 11.4 Å². The van der Waals surface area contributed by atoms with Gasteiger partial charge in [-0.25, -0.2) is 9.97 Å². The molecule has 0 saturated heterocycles. The maximum atomic E-state index is 12.0. The van der Waals surface area contributed by atoms with Crippen molar-refractivity contribution in [2.45, 2.75) is 37.5 Å². The molecule has 0 atom stereocenters. The minimum absolute atomic E-state index is 0.00104. The lowest BCUT2D eigenvalue weighted by Gasteiger charge is -2.38. The minimum Gasteiger partial charge on any atom is -0.356 e. The predicted octanol–water partition coefficient (Wildman–Crippen LogP) is 5.01. The summed E-state index contributed by atoms with van der Waals surface area (Å²) in [5.41, 5.74) is 3.21. The summed E-state index contributed by atoms with van der Waals surface area (Å²) < 4.78 is 21.5. The number of hydrogen-bond acceptors (Lipinski definition) is 6. The van der Waals surface area contributed by atoms with Crippen LogP contribution in [0.1, 0.15) is 31.0 Å². The third kappa shape index (κ3) is 5.09. The molecule has 4 rings (SSSR count). The number of carbonyl (C=O) groups excluding carboxylic acids is 1. The van der Waals surface area contributed by atoms with Crippen LogP contribution in [0.2, 0.25) is 0 Å². The zero-order chi connectivity index (χ0) is 22.6. The maximum absolute atomic E-state index is 12.0. The van der Waals surface area contributed by atoms with Crippen LogP contribution < -0.4 is 10.6 Å². The van der Waals surface area contributed by atoms with E-state index < -0.39 is 10.6 Å². The SMILES string of the molecule is CCCNC(=O)Cc1ccc(Nc2nc(-c3ccccc3)nc3c2S(O)(O)CCC3)cc1. The van der Waals surface area contributed by atoms with Gasteiger partial charge in [-0.2, -0.15) is 10.6 Å². The van der Waals surface area contributed by atoms with Crippen LogP contribution in [0.3, 0.4) is 0 Å². The van der Waals surface area contributed by atoms with Gasteiger partial charge in [0.1, 0.15) is 4.90 Å². The molecular formula is C24H28N4O3S. The number of aromatic nitrogens is 2. The number of anilines is 2. The molecule has 8 heteroatoms. The Morgan fingerprint density at radius 1 is 1.06 bits per heavy atom. The van der Waals surface area contributed by atoms with Crippen LogP contribution >= 0.6 is 10.6 Å². The van der Waals surface area contributed by atoms with Gasteiger partial charge in [0.25, 0.3) is 0 Å². The molecule has 1 aromatic heterocycles. The number of benzene rings is 2. The van der Waals surface area contributed by atoms with E-state index in [1.165, 1.54) is 0 Å². The largest absolute Gasteiger partial charge is 0.356 e. The van der Waals surface area contributed by atoms with Gasteiger partial charge in [0, 0.05) is 23.5 Å². The van der Waals surface area contributed by atoms with Crippen molar-refractivity contribution in [2.75, 3.05) is 17.6 Å². The third-order valence-corrected chi connectivity index (χ3v) is 7.23. The van der Waals surface area contributed by atoms with Crippen molar-refractivity contribution in [3.05, 3.63) is 65.9 Å². The summed E-state index contributed by atoms with van der Waals surface area (Å²) in [7, 11) is -2.97. The monoisotopic (exact) mass is 452 g/mol. The van der Waals surface area contributed by atoms with Gasteiger partial charge in [-0.1, -0.05) is 49.4 Å². The average molecular weight is 453 g/mol. The summed E-state index contributed by atoms with van der Waals surface area (Å²) in [4.78, 5) is 21.7. The van der Waals surface area contributed by atoms with E-state index >= 15 is 0 Å². The molecule has 7 nitrogen and oxygen atoms in total. The van der Waals surface area contributed by atoms with Crippen LogP contribution in [0, 0.1) is 0 Å². The third-order valence-electron chi connectivity index (χ3n) is 5.29. The van der Waals surface area contributed by atoms with E-state index in [1.807, 2.05) is 61.5 Å². The molecule has 32 heavy (non-hydrogen) atoms. The molecule has 2 aromatic carbocycles. The van der Waals surface area contributed by atoms with E-state index in [4.69, 9.17) is 0 Å². The second-order valence-electron chi connectivity index (χ2n) is 7.86. The fourth-order valence-corrected chi connectivity index (χ4v) is 5.39. The fraction of sp³-hybridized carbons (Fsp3) is 0.292. The zero-order valence-corrected chi connectivity index (χ0v) is 18.9. The van der Waals surface area contributed by atoms with E-state index in [9.17, 15) is 13.9 Å². The highest BCUT2D eigenvalue weighted by Crippen LogP contribution is 2.56. The van der Waals surface area contributed by atoms with Crippen molar-refractivity contribution in [3.63, 3.8) is 0 Å². The lowest BCUT2D eigenvalue weighted by atomic mass is 10.1. The Kier molecular flexibility index (Phi) is 6.74. The highest BCUT2D eigenvalue weighted by atomic mass is 32.3. The van der Waals surface area contributed by atoms with Crippen LogP contribution in [0.4, 0.5) is 11.5 Å². The summed E-state index contributed by atoms with van der Waals surface area (Å²) in [5, 5.41) is 6.14. The fourth-order valence-electron chi connectivity index (χ4n) is 3.71. The molecule has 2 heterocycles. The van der Waals surface area contributed by atoms with Gasteiger partial charge < -0.3 is 10.6 Å². The number of carbonyl (C=O) groups is 1. The minimum atomic E-state index is -2.97. The molecule has 1 aliphatic rings. The quantitative estimate of drug-likeness (QED) is 0.401. The first-order valence-electron chi connectivity index (χ1n) is 10.8. The van der Waals surface area contributed by atoms with Gasteiger partial charge in [0.2, 0.25) is 5.91 Å². The van der Waals surface area contributed by atoms with Gasteiger partial charge in [-0.15, -0.1) is 0 Å². The average Bonchev–Trinajstić information content (AvgIpc) is 2.79. The Hall–Kier alpha value is -2.94. The molecule has 0 bridgehead atoms. The van der Waals surface area contributed by atoms with Gasteiger partial charge in [0.05, 0.1) is 12.1 Å². The normalized spacial score (nSPS) is 15.5. The van der Waals surface area contributed by atoms with E-state index in [2.05, 4.69) is 20.6 Å². The van der Waals surface area contributed by atoms with Crippen LogP contribution in [-0.2, 0) is 17.6 Å². The molecule has 0 aliphatic carbocycles. The number of nitrogens with zero attached hydrogens (tertiary/aromatic N) is 2. The van der Waals surface area contributed by atoms with Crippen LogP contribution in [-0.4, -0.2) is 37.3 Å². The molecule has 1 aliphatic heterocycles. The first kappa shape index (κ1) is 22.3. The zero-order valence-electron chi connectivity index (χ0n) is 18.0. The Balaban J connectivity index is 1.63. The van der Waals surface area contributed by atoms with Crippen molar-refractivity contribution < 1.29 is 13.9 Å². The van der Waals surface area contributed by atoms with Crippen LogP contribution in [0.5, 0.6) is 0 Å². The van der Waals surface area contributed by atoms with Crippen LogP contribution in [0.15, 0.2) is 59.5 Å². The Labute approximate surface area is 189 Å². The maximum Gasteiger partial charge on any atom is 0.224 e. The molecular weight excluding hydrogens is 424 g/mol. The summed E-state index contributed by atoms with van der Waals surface area (Å²) in [5.74, 6) is 1.28. The molecule has 1 amide bonds. The van der Waals surface area contributed by atoms with Gasteiger partial charge in [0.15, 0.2) is 11.6 Å². The second-order valence-corrected chi connectivity index (χ2v) is 10.0. The molecule has 0 spiro atoms. The number of aryl methyl sites for hydroxylation is 1. The number of fused-ring (bicyclic) bond motifs is 1. The first-order valence-corrected chi connectivity index (χ1v) is 12.5. The van der Waals surface area contributed by atoms with Crippen molar-refractivity contribution >= 4 is 28.0 Å².